The molecule has 1 amide bonds. The predicted octanol–water partition coefficient (Wildman–Crippen LogP) is 1.36. The van der Waals surface area contributed by atoms with Gasteiger partial charge in [0, 0.05) is 12.7 Å². The summed E-state index contributed by atoms with van der Waals surface area (Å²) in [7, 11) is 1.55. The highest BCUT2D eigenvalue weighted by molar-refractivity contribution is 5.92. The molecule has 2 rings (SSSR count). The van der Waals surface area contributed by atoms with Gasteiger partial charge in [-0.3, -0.25) is 4.79 Å². The zero-order valence-electron chi connectivity index (χ0n) is 11.5. The second-order valence-electron chi connectivity index (χ2n) is 4.42. The van der Waals surface area contributed by atoms with Crippen molar-refractivity contribution in [2.24, 2.45) is 0 Å². The summed E-state index contributed by atoms with van der Waals surface area (Å²) in [5, 5.41) is 21.4. The van der Waals surface area contributed by atoms with Gasteiger partial charge < -0.3 is 20.1 Å². The average molecular weight is 285 g/mol. The van der Waals surface area contributed by atoms with E-state index >= 15 is 0 Å². The fourth-order valence-electron chi connectivity index (χ4n) is 1.84. The largest absolute Gasteiger partial charge is 0.497 e. The number of aromatic nitrogens is 1. The summed E-state index contributed by atoms with van der Waals surface area (Å²) < 4.78 is 5.08. The first-order valence-electron chi connectivity index (χ1n) is 6.32. The number of H-pyrrole nitrogens is 1. The van der Waals surface area contributed by atoms with Gasteiger partial charge in [0.2, 0.25) is 0 Å². The molecule has 0 saturated carbocycles. The van der Waals surface area contributed by atoms with Crippen LogP contribution in [0.15, 0.2) is 36.5 Å². The van der Waals surface area contributed by atoms with Gasteiger partial charge in [0.1, 0.15) is 17.5 Å². The number of hydrogen-bond donors (Lipinski definition) is 3. The number of ether oxygens (including phenoxy) is 1. The Bertz CT molecular complexity index is 673. The molecule has 21 heavy (non-hydrogen) atoms. The van der Waals surface area contributed by atoms with Crippen molar-refractivity contribution in [3.05, 3.63) is 53.3 Å². The number of hydrogen-bond acceptors (Lipinski definition) is 4. The van der Waals surface area contributed by atoms with Crippen molar-refractivity contribution >= 4 is 5.91 Å². The van der Waals surface area contributed by atoms with Gasteiger partial charge in [-0.15, -0.1) is 0 Å². The smallest absolute Gasteiger partial charge is 0.267 e. The third-order valence-electron chi connectivity index (χ3n) is 2.99. The SMILES string of the molecule is COc1cccc(C(O)CNC(=O)c2cc(C#N)c[nH]2)c1. The number of carbonyl (C=O) groups is 1. The molecule has 0 bridgehead atoms. The van der Waals surface area contributed by atoms with Crippen LogP contribution in [0, 0.1) is 11.3 Å². The fourth-order valence-corrected chi connectivity index (χ4v) is 1.84. The highest BCUT2D eigenvalue weighted by atomic mass is 16.5. The van der Waals surface area contributed by atoms with Crippen LogP contribution in [0.4, 0.5) is 0 Å². The van der Waals surface area contributed by atoms with E-state index in [0.717, 1.165) is 0 Å². The van der Waals surface area contributed by atoms with E-state index in [4.69, 9.17) is 10.00 Å². The number of aliphatic hydroxyl groups is 1. The van der Waals surface area contributed by atoms with Gasteiger partial charge in [-0.2, -0.15) is 5.26 Å². The number of nitrogens with one attached hydrogen (secondary N) is 2. The van der Waals surface area contributed by atoms with Crippen LogP contribution in [0.25, 0.3) is 0 Å². The number of nitriles is 1. The van der Waals surface area contributed by atoms with Gasteiger partial charge in [-0.05, 0) is 23.8 Å². The zero-order valence-corrected chi connectivity index (χ0v) is 11.5. The minimum atomic E-state index is -0.838. The number of aliphatic hydroxyl groups excluding tert-OH is 1. The van der Waals surface area contributed by atoms with Crippen LogP contribution in [0.3, 0.4) is 0 Å². The molecule has 0 aliphatic heterocycles. The van der Waals surface area contributed by atoms with Crippen molar-refractivity contribution < 1.29 is 14.6 Å². The second kappa shape index (κ2) is 6.59. The summed E-state index contributed by atoms with van der Waals surface area (Å²) >= 11 is 0. The Morgan fingerprint density at radius 1 is 1.52 bits per heavy atom. The molecular weight excluding hydrogens is 270 g/mol. The Hall–Kier alpha value is -2.78. The number of aromatic amines is 1. The van der Waals surface area contributed by atoms with Crippen LogP contribution in [-0.4, -0.2) is 29.7 Å². The molecule has 1 aromatic carbocycles. The molecule has 3 N–H and O–H groups in total. The fraction of sp³-hybridized carbons (Fsp3) is 0.200. The molecule has 0 fully saturated rings. The average Bonchev–Trinajstić information content (AvgIpc) is 3.01. The zero-order chi connectivity index (χ0) is 15.2. The van der Waals surface area contributed by atoms with E-state index in [1.807, 2.05) is 6.07 Å². The molecule has 6 nitrogen and oxygen atoms in total. The molecule has 6 heteroatoms. The van der Waals surface area contributed by atoms with E-state index in [9.17, 15) is 9.90 Å². The van der Waals surface area contributed by atoms with E-state index < -0.39 is 6.10 Å². The molecule has 1 heterocycles. The van der Waals surface area contributed by atoms with Gasteiger partial charge >= 0.3 is 0 Å². The lowest BCUT2D eigenvalue weighted by atomic mass is 10.1. The molecular formula is C15H15N3O3. The quantitative estimate of drug-likeness (QED) is 0.772. The lowest BCUT2D eigenvalue weighted by Crippen LogP contribution is -2.28. The lowest BCUT2D eigenvalue weighted by Gasteiger charge is -2.12. The number of methoxy groups -OCH3 is 1. The highest BCUT2D eigenvalue weighted by Gasteiger charge is 2.12. The van der Waals surface area contributed by atoms with Crippen LogP contribution in [0.2, 0.25) is 0 Å². The lowest BCUT2D eigenvalue weighted by molar-refractivity contribution is 0.0912. The Kier molecular flexibility index (Phi) is 4.59. The molecule has 0 aliphatic carbocycles. The van der Waals surface area contributed by atoms with Crippen LogP contribution in [0.1, 0.15) is 27.7 Å². The third kappa shape index (κ3) is 3.61. The topological polar surface area (TPSA) is 98.1 Å². The first-order valence-corrected chi connectivity index (χ1v) is 6.32. The molecule has 0 saturated heterocycles. The van der Waals surface area contributed by atoms with Gasteiger partial charge in [0.15, 0.2) is 0 Å². The molecule has 108 valence electrons. The first kappa shape index (κ1) is 14.6. The van der Waals surface area contributed by atoms with E-state index in [-0.39, 0.29) is 18.1 Å². The minimum Gasteiger partial charge on any atom is -0.497 e. The van der Waals surface area contributed by atoms with Gasteiger partial charge in [-0.1, -0.05) is 12.1 Å². The molecule has 1 aromatic heterocycles. The molecule has 1 unspecified atom stereocenters. The number of amides is 1. The van der Waals surface area contributed by atoms with Crippen LogP contribution in [0.5, 0.6) is 5.75 Å². The first-order chi connectivity index (χ1) is 10.1. The third-order valence-corrected chi connectivity index (χ3v) is 2.99. The Labute approximate surface area is 122 Å². The summed E-state index contributed by atoms with van der Waals surface area (Å²) in [4.78, 5) is 14.5. The normalized spacial score (nSPS) is 11.5. The number of benzene rings is 1. The van der Waals surface area contributed by atoms with Crippen molar-refractivity contribution in [1.29, 1.82) is 5.26 Å². The Morgan fingerprint density at radius 3 is 3.00 bits per heavy atom. The van der Waals surface area contributed by atoms with Gasteiger partial charge in [0.05, 0.1) is 18.8 Å². The van der Waals surface area contributed by atoms with Crippen LogP contribution in [-0.2, 0) is 0 Å². The summed E-state index contributed by atoms with van der Waals surface area (Å²) in [6.07, 6.45) is 0.613. The highest BCUT2D eigenvalue weighted by Crippen LogP contribution is 2.18. The van der Waals surface area contributed by atoms with E-state index in [2.05, 4.69) is 10.3 Å². The summed E-state index contributed by atoms with van der Waals surface area (Å²) in [5.74, 6) is 0.263. The standard InChI is InChI=1S/C15H15N3O3/c1-21-12-4-2-3-11(6-12)14(19)9-18-15(20)13-5-10(7-16)8-17-13/h2-6,8,14,17,19H,9H2,1H3,(H,18,20). The van der Waals surface area contributed by atoms with Crippen molar-refractivity contribution in [1.82, 2.24) is 10.3 Å². The van der Waals surface area contributed by atoms with Crippen molar-refractivity contribution in [2.45, 2.75) is 6.10 Å². The minimum absolute atomic E-state index is 0.0624. The van der Waals surface area contributed by atoms with E-state index in [0.29, 0.717) is 16.9 Å². The number of carbonyl (C=O) groups excluding carboxylic acids is 1. The maximum Gasteiger partial charge on any atom is 0.267 e. The van der Waals surface area contributed by atoms with Crippen LogP contribution < -0.4 is 10.1 Å². The number of rotatable bonds is 5. The molecule has 0 aliphatic rings. The monoisotopic (exact) mass is 285 g/mol. The Morgan fingerprint density at radius 2 is 2.33 bits per heavy atom. The van der Waals surface area contributed by atoms with Crippen molar-refractivity contribution in [2.75, 3.05) is 13.7 Å². The van der Waals surface area contributed by atoms with E-state index in [1.54, 1.807) is 31.4 Å². The molecule has 1 atom stereocenters. The van der Waals surface area contributed by atoms with Gasteiger partial charge in [-0.25, -0.2) is 0 Å². The molecule has 2 aromatic rings. The summed E-state index contributed by atoms with van der Waals surface area (Å²) in [5.41, 5.74) is 1.32. The summed E-state index contributed by atoms with van der Waals surface area (Å²) in [6, 6.07) is 10.4. The molecule has 0 radical (unpaired) electrons. The number of nitrogens with zero attached hydrogens (tertiary/aromatic N) is 1. The van der Waals surface area contributed by atoms with Crippen LogP contribution >= 0.6 is 0 Å². The summed E-state index contributed by atoms with van der Waals surface area (Å²) in [6.45, 7) is 0.0624. The Balaban J connectivity index is 1.95. The predicted molar refractivity (Wildman–Crippen MR) is 75.8 cm³/mol. The van der Waals surface area contributed by atoms with Crippen molar-refractivity contribution in [3.63, 3.8) is 0 Å². The maximum atomic E-state index is 11.8. The van der Waals surface area contributed by atoms with Gasteiger partial charge in [0.25, 0.3) is 5.91 Å². The maximum absolute atomic E-state index is 11.8. The van der Waals surface area contributed by atoms with E-state index in [1.165, 1.54) is 12.3 Å². The second-order valence-corrected chi connectivity index (χ2v) is 4.42. The molecule has 0 spiro atoms. The van der Waals surface area contributed by atoms with Crippen molar-refractivity contribution in [3.8, 4) is 11.8 Å².